The summed E-state index contributed by atoms with van der Waals surface area (Å²) < 4.78 is 3.56. The molecule has 4 atom stereocenters. The minimum atomic E-state index is -0.304. The predicted molar refractivity (Wildman–Crippen MR) is 197 cm³/mol. The van der Waals surface area contributed by atoms with E-state index in [0.29, 0.717) is 75.5 Å². The van der Waals surface area contributed by atoms with Gasteiger partial charge < -0.3 is 16.8 Å². The summed E-state index contributed by atoms with van der Waals surface area (Å²) in [6, 6.07) is 2.92. The molecule has 2 aliphatic rings. The van der Waals surface area contributed by atoms with Gasteiger partial charge in [0.15, 0.2) is 17.9 Å². The molecule has 7 rings (SSSR count). The van der Waals surface area contributed by atoms with Gasteiger partial charge >= 0.3 is 0 Å². The molecule has 4 unspecified atom stereocenters. The fraction of sp³-hybridized carbons (Fsp3) is 0.382. The van der Waals surface area contributed by atoms with Crippen molar-refractivity contribution in [2.45, 2.75) is 65.1 Å². The zero-order chi connectivity index (χ0) is 34.7. The van der Waals surface area contributed by atoms with E-state index in [0.717, 1.165) is 12.0 Å². The number of aryl methyl sites for hydroxylation is 1. The monoisotopic (exact) mass is 717 g/mol. The molecule has 5 N–H and O–H groups in total. The van der Waals surface area contributed by atoms with E-state index in [1.807, 2.05) is 34.5 Å². The number of thiazole rings is 2. The van der Waals surface area contributed by atoms with E-state index in [9.17, 15) is 9.59 Å². The van der Waals surface area contributed by atoms with Gasteiger partial charge in [-0.1, -0.05) is 50.3 Å². The molecule has 5 aromatic rings. The normalized spacial score (nSPS) is 19.7. The van der Waals surface area contributed by atoms with Crippen molar-refractivity contribution in [1.29, 1.82) is 0 Å². The summed E-state index contributed by atoms with van der Waals surface area (Å²) in [6.45, 7) is 13.5. The lowest BCUT2D eigenvalue weighted by molar-refractivity contribution is -0.686. The molecule has 0 aliphatic heterocycles. The number of hydrogen-bond acceptors (Lipinski definition) is 11. The number of nitrogens with zero attached hydrogens (tertiary/aromatic N) is 7. The Bertz CT molecular complexity index is 2160. The Labute approximate surface area is 296 Å². The van der Waals surface area contributed by atoms with Crippen LogP contribution in [0.3, 0.4) is 0 Å². The second-order valence-corrected chi connectivity index (χ2v) is 15.3. The van der Waals surface area contributed by atoms with Crippen molar-refractivity contribution in [3.05, 3.63) is 67.9 Å². The van der Waals surface area contributed by atoms with Gasteiger partial charge in [-0.2, -0.15) is 4.57 Å². The van der Waals surface area contributed by atoms with Gasteiger partial charge in [0.25, 0.3) is 16.5 Å². The summed E-state index contributed by atoms with van der Waals surface area (Å²) in [5.41, 5.74) is 15.9. The third kappa shape index (κ3) is 6.06. The number of halogens is 1. The number of fused-ring (bicyclic) bond motifs is 1. The van der Waals surface area contributed by atoms with Crippen LogP contribution in [0.15, 0.2) is 46.7 Å². The van der Waals surface area contributed by atoms with E-state index in [2.05, 4.69) is 42.6 Å². The molecule has 254 valence electrons. The van der Waals surface area contributed by atoms with Crippen molar-refractivity contribution in [3.8, 4) is 10.7 Å². The summed E-state index contributed by atoms with van der Waals surface area (Å²) in [4.78, 5) is 48.8. The number of pyridine rings is 2. The lowest BCUT2D eigenvalue weighted by atomic mass is 10.1. The van der Waals surface area contributed by atoms with Crippen LogP contribution in [-0.2, 0) is 11.3 Å². The molecular weight excluding hydrogens is 680 g/mol. The van der Waals surface area contributed by atoms with Crippen LogP contribution in [0.4, 0.5) is 23.0 Å². The number of nitrogens with two attached hydrogens (primary N) is 2. The van der Waals surface area contributed by atoms with Crippen molar-refractivity contribution in [1.82, 2.24) is 24.5 Å². The second kappa shape index (κ2) is 12.8. The highest BCUT2D eigenvalue weighted by Crippen LogP contribution is 2.54. The van der Waals surface area contributed by atoms with Crippen LogP contribution in [0, 0.1) is 11.8 Å². The molecule has 5 heterocycles. The molecule has 2 aliphatic carbocycles. The van der Waals surface area contributed by atoms with Crippen molar-refractivity contribution in [2.24, 2.45) is 11.8 Å². The van der Waals surface area contributed by atoms with Crippen molar-refractivity contribution < 1.29 is 9.36 Å². The maximum absolute atomic E-state index is 14.6. The van der Waals surface area contributed by atoms with Gasteiger partial charge in [-0.25, -0.2) is 19.9 Å². The molecule has 0 aromatic carbocycles. The topological polar surface area (TPSA) is 162 Å². The minimum Gasteiger partial charge on any atom is -0.398 e. The Morgan fingerprint density at radius 3 is 2.63 bits per heavy atom. The molecule has 2 saturated carbocycles. The quantitative estimate of drug-likeness (QED) is 0.0878. The molecule has 0 radical (unpaired) electrons. The molecule has 15 heteroatoms. The maximum atomic E-state index is 14.6. The van der Waals surface area contributed by atoms with Crippen LogP contribution in [0.2, 0.25) is 5.15 Å². The Kier molecular flexibility index (Phi) is 8.66. The summed E-state index contributed by atoms with van der Waals surface area (Å²) in [5, 5.41) is 8.54. The first-order valence-corrected chi connectivity index (χ1v) is 18.4. The first-order chi connectivity index (χ1) is 23.5. The SMILES string of the molecule is C=C(C(=O)N(c1nc(NCC(C)C)cc(N)c1C1CC1C)C1CC1[n+]1ccsc1-c1nc2c(N)cc(Cl)nc2n(CC)c1=O)c1nccs1. The third-order valence-corrected chi connectivity index (χ3v) is 11.0. The number of anilines is 4. The Balaban J connectivity index is 1.34. The van der Waals surface area contributed by atoms with Gasteiger partial charge in [0.05, 0.1) is 16.6 Å². The minimum absolute atomic E-state index is 0.179. The lowest BCUT2D eigenvalue weighted by Gasteiger charge is -2.26. The number of amides is 1. The van der Waals surface area contributed by atoms with Gasteiger partial charge in [0, 0.05) is 54.5 Å². The highest BCUT2D eigenvalue weighted by atomic mass is 35.5. The van der Waals surface area contributed by atoms with Crippen LogP contribution in [0.1, 0.15) is 63.1 Å². The van der Waals surface area contributed by atoms with Crippen molar-refractivity contribution in [2.75, 3.05) is 28.2 Å². The average molecular weight is 718 g/mol. The number of nitrogen functional groups attached to an aromatic ring is 2. The zero-order valence-electron chi connectivity index (χ0n) is 27.7. The van der Waals surface area contributed by atoms with Crippen LogP contribution >= 0.6 is 34.3 Å². The number of carbonyl (C=O) groups is 1. The number of carbonyl (C=O) groups excluding carboxylic acids is 1. The lowest BCUT2D eigenvalue weighted by Crippen LogP contribution is -2.42. The van der Waals surface area contributed by atoms with E-state index in [1.54, 1.807) is 11.1 Å². The van der Waals surface area contributed by atoms with Gasteiger partial charge in [-0.05, 0) is 31.1 Å². The zero-order valence-corrected chi connectivity index (χ0v) is 30.1. The molecule has 49 heavy (non-hydrogen) atoms. The fourth-order valence-corrected chi connectivity index (χ4v) is 8.05. The smallest absolute Gasteiger partial charge is 0.293 e. The largest absolute Gasteiger partial charge is 0.398 e. The molecule has 0 spiro atoms. The molecule has 5 aromatic heterocycles. The predicted octanol–water partition coefficient (Wildman–Crippen LogP) is 5.75. The second-order valence-electron chi connectivity index (χ2n) is 13.1. The Morgan fingerprint density at radius 1 is 1.18 bits per heavy atom. The van der Waals surface area contributed by atoms with Crippen LogP contribution < -0.4 is 31.8 Å². The summed E-state index contributed by atoms with van der Waals surface area (Å²) in [7, 11) is 0. The van der Waals surface area contributed by atoms with E-state index < -0.39 is 0 Å². The molecule has 0 saturated heterocycles. The average Bonchev–Trinajstić information content (AvgIpc) is 3.81. The summed E-state index contributed by atoms with van der Waals surface area (Å²) in [6.07, 6.45) is 5.17. The first-order valence-electron chi connectivity index (χ1n) is 16.3. The fourth-order valence-electron chi connectivity index (χ4n) is 6.37. The first kappa shape index (κ1) is 33.1. The van der Waals surface area contributed by atoms with Gasteiger partial charge in [-0.15, -0.1) is 11.3 Å². The van der Waals surface area contributed by atoms with Crippen molar-refractivity contribution >= 4 is 79.9 Å². The standard InChI is InChI=1S/C34H37ClN10O2S2/c1-6-43-30-27(21(37)12-24(35)40-30)42-28(33(43)47)34-44(8-10-49-34)22-14-23(22)45(32(46)18(5)31-38-7-9-48-31)29-26(19-11-17(19)4)20(36)13-25(41-29)39-15-16(2)3/h7-10,12-13,16-17,19,22-23,37H,5-6,11,14-15H2,1-4H3,(H3,36,39,41)/p+1. The van der Waals surface area contributed by atoms with E-state index >= 15 is 0 Å². The van der Waals surface area contributed by atoms with Gasteiger partial charge in [-0.3, -0.25) is 19.1 Å². The van der Waals surface area contributed by atoms with E-state index in [1.165, 1.54) is 33.3 Å². The Morgan fingerprint density at radius 2 is 1.96 bits per heavy atom. The number of nitrogens with one attached hydrogen (secondary N) is 1. The van der Waals surface area contributed by atoms with Crippen LogP contribution in [-0.4, -0.2) is 43.0 Å². The highest BCUT2D eigenvalue weighted by molar-refractivity contribution is 7.12. The molecule has 2 fully saturated rings. The summed E-state index contributed by atoms with van der Waals surface area (Å²) >= 11 is 8.96. The number of rotatable bonds is 11. The molecular formula is C34H38ClN10O2S2+. The van der Waals surface area contributed by atoms with Gasteiger partial charge in [0.2, 0.25) is 5.69 Å². The highest BCUT2D eigenvalue weighted by Gasteiger charge is 2.56. The molecule has 12 nitrogen and oxygen atoms in total. The van der Waals surface area contributed by atoms with Crippen LogP contribution in [0.25, 0.3) is 27.4 Å². The van der Waals surface area contributed by atoms with E-state index in [4.69, 9.17) is 33.0 Å². The number of aromatic nitrogens is 6. The number of hydrogen-bond donors (Lipinski definition) is 3. The molecule has 0 bridgehead atoms. The Hall–Kier alpha value is -4.40. The van der Waals surface area contributed by atoms with E-state index in [-0.39, 0.29) is 45.9 Å². The molecule has 1 amide bonds. The van der Waals surface area contributed by atoms with Gasteiger partial charge in [0.1, 0.15) is 33.4 Å². The maximum Gasteiger partial charge on any atom is 0.293 e. The van der Waals surface area contributed by atoms with Crippen LogP contribution in [0.5, 0.6) is 0 Å². The summed E-state index contributed by atoms with van der Waals surface area (Å²) in [5.74, 6) is 1.86. The third-order valence-electron chi connectivity index (χ3n) is 9.10. The van der Waals surface area contributed by atoms with Crippen molar-refractivity contribution in [3.63, 3.8) is 0 Å².